The Labute approximate surface area is 418 Å². The molecule has 0 aliphatic heterocycles. The number of unbranched alkanes of at least 4 members (excludes halogenated alkanes) is 39. The van der Waals surface area contributed by atoms with Gasteiger partial charge in [0.05, 0.1) is 25.2 Å². The van der Waals surface area contributed by atoms with Crippen LogP contribution in [0, 0.1) is 0 Å². The van der Waals surface area contributed by atoms with Gasteiger partial charge in [0.25, 0.3) is 0 Å². The highest BCUT2D eigenvalue weighted by Gasteiger charge is 2.24. The number of aliphatic hydroxyl groups is 2. The highest BCUT2D eigenvalue weighted by atomic mass is 16.5. The molecule has 396 valence electrons. The van der Waals surface area contributed by atoms with Gasteiger partial charge in [-0.1, -0.05) is 263 Å². The lowest BCUT2D eigenvalue weighted by Crippen LogP contribution is -2.46. The average molecular weight is 945 g/mol. The van der Waals surface area contributed by atoms with Crippen molar-refractivity contribution in [1.82, 2.24) is 5.32 Å². The molecule has 0 saturated carbocycles. The van der Waals surface area contributed by atoms with Crippen LogP contribution in [-0.2, 0) is 14.3 Å². The number of allylic oxidation sites excluding steroid dienone is 4. The van der Waals surface area contributed by atoms with Crippen molar-refractivity contribution in [2.45, 2.75) is 347 Å². The molecule has 0 aromatic heterocycles. The van der Waals surface area contributed by atoms with Gasteiger partial charge in [0.1, 0.15) is 6.10 Å². The van der Waals surface area contributed by atoms with Gasteiger partial charge in [-0.3, -0.25) is 9.59 Å². The van der Waals surface area contributed by atoms with Crippen molar-refractivity contribution in [2.24, 2.45) is 0 Å². The zero-order chi connectivity index (χ0) is 48.8. The third-order valence-electron chi connectivity index (χ3n) is 14.0. The minimum atomic E-state index is -0.789. The topological polar surface area (TPSA) is 95.9 Å². The summed E-state index contributed by atoms with van der Waals surface area (Å²) in [5, 5.41) is 23.9. The van der Waals surface area contributed by atoms with Crippen LogP contribution in [0.1, 0.15) is 329 Å². The summed E-state index contributed by atoms with van der Waals surface area (Å²) >= 11 is 0. The Bertz CT molecular complexity index is 1060. The standard InChI is InChI=1S/C61H117NO5/c1-4-7-10-13-16-19-22-25-28-29-30-31-33-36-39-42-45-48-51-54-61(66)67-57(52-49-46-43-40-37-34-27-24-21-18-15-12-9-6-3)55-60(65)62-58(56-63)59(64)53-50-47-44-41-38-35-32-26-23-20-17-14-11-8-5-2/h25,28,34,37,57-59,63-64H,4-24,26-27,29-33,35-36,38-56H2,1-3H3,(H,62,65)/b28-25+,37-34+. The van der Waals surface area contributed by atoms with E-state index in [1.807, 2.05) is 0 Å². The van der Waals surface area contributed by atoms with Crippen molar-refractivity contribution in [1.29, 1.82) is 0 Å². The van der Waals surface area contributed by atoms with E-state index in [2.05, 4.69) is 50.4 Å². The minimum Gasteiger partial charge on any atom is -0.462 e. The second kappa shape index (κ2) is 55.3. The predicted octanol–water partition coefficient (Wildman–Crippen LogP) is 18.6. The van der Waals surface area contributed by atoms with Crippen LogP contribution in [0.25, 0.3) is 0 Å². The van der Waals surface area contributed by atoms with E-state index in [0.717, 1.165) is 57.8 Å². The van der Waals surface area contributed by atoms with Crippen molar-refractivity contribution in [3.63, 3.8) is 0 Å². The van der Waals surface area contributed by atoms with Crippen LogP contribution in [0.3, 0.4) is 0 Å². The van der Waals surface area contributed by atoms with Crippen molar-refractivity contribution < 1.29 is 24.5 Å². The molecule has 3 unspecified atom stereocenters. The number of nitrogens with one attached hydrogen (secondary N) is 1. The van der Waals surface area contributed by atoms with Crippen LogP contribution in [0.2, 0.25) is 0 Å². The van der Waals surface area contributed by atoms with E-state index in [-0.39, 0.29) is 24.9 Å². The summed E-state index contributed by atoms with van der Waals surface area (Å²) in [6.07, 6.45) is 65.3. The molecule has 3 N–H and O–H groups in total. The van der Waals surface area contributed by atoms with Crippen LogP contribution in [0.4, 0.5) is 0 Å². The Hall–Kier alpha value is -1.66. The maximum absolute atomic E-state index is 13.3. The first-order valence-electron chi connectivity index (χ1n) is 30.1. The minimum absolute atomic E-state index is 0.0712. The number of esters is 1. The molecule has 6 heteroatoms. The number of hydrogen-bond donors (Lipinski definition) is 3. The molecule has 0 aliphatic rings. The monoisotopic (exact) mass is 944 g/mol. The first-order chi connectivity index (χ1) is 33.0. The molecule has 0 saturated heterocycles. The fourth-order valence-electron chi connectivity index (χ4n) is 9.42. The molecule has 0 spiro atoms. The van der Waals surface area contributed by atoms with Gasteiger partial charge in [-0.05, 0) is 77.0 Å². The highest BCUT2D eigenvalue weighted by Crippen LogP contribution is 2.19. The molecule has 1 amide bonds. The molecular formula is C61H117NO5. The second-order valence-corrected chi connectivity index (χ2v) is 20.7. The lowest BCUT2D eigenvalue weighted by Gasteiger charge is -2.24. The van der Waals surface area contributed by atoms with Gasteiger partial charge in [-0.25, -0.2) is 0 Å². The number of aliphatic hydroxyl groups excluding tert-OH is 2. The number of ether oxygens (including phenoxy) is 1. The summed E-state index contributed by atoms with van der Waals surface area (Å²) in [7, 11) is 0. The molecule has 0 heterocycles. The molecule has 3 atom stereocenters. The van der Waals surface area contributed by atoms with Crippen molar-refractivity contribution in [3.05, 3.63) is 24.3 Å². The summed E-state index contributed by atoms with van der Waals surface area (Å²) in [6, 6.07) is -0.704. The smallest absolute Gasteiger partial charge is 0.306 e. The Morgan fingerprint density at radius 2 is 0.716 bits per heavy atom. The molecule has 0 fully saturated rings. The van der Waals surface area contributed by atoms with E-state index in [0.29, 0.717) is 19.3 Å². The van der Waals surface area contributed by atoms with E-state index in [1.54, 1.807) is 0 Å². The highest BCUT2D eigenvalue weighted by molar-refractivity contribution is 5.77. The predicted molar refractivity (Wildman–Crippen MR) is 292 cm³/mol. The zero-order valence-corrected chi connectivity index (χ0v) is 45.3. The number of hydrogen-bond acceptors (Lipinski definition) is 5. The van der Waals surface area contributed by atoms with Crippen molar-refractivity contribution >= 4 is 11.9 Å². The lowest BCUT2D eigenvalue weighted by atomic mass is 10.0. The van der Waals surface area contributed by atoms with Crippen molar-refractivity contribution in [2.75, 3.05) is 6.61 Å². The first kappa shape index (κ1) is 65.3. The van der Waals surface area contributed by atoms with E-state index in [4.69, 9.17) is 4.74 Å². The number of amides is 1. The van der Waals surface area contributed by atoms with Crippen LogP contribution in [0.15, 0.2) is 24.3 Å². The van der Waals surface area contributed by atoms with E-state index >= 15 is 0 Å². The molecule has 0 aromatic carbocycles. The van der Waals surface area contributed by atoms with E-state index in [9.17, 15) is 19.8 Å². The Kier molecular flexibility index (Phi) is 53.9. The quantitative estimate of drug-likeness (QED) is 0.0321. The van der Waals surface area contributed by atoms with Gasteiger partial charge in [-0.2, -0.15) is 0 Å². The summed E-state index contributed by atoms with van der Waals surface area (Å²) in [5.74, 6) is -0.473. The summed E-state index contributed by atoms with van der Waals surface area (Å²) in [4.78, 5) is 26.3. The van der Waals surface area contributed by atoms with Crippen LogP contribution in [-0.4, -0.2) is 46.9 Å². The largest absolute Gasteiger partial charge is 0.462 e. The molecule has 0 radical (unpaired) electrons. The fourth-order valence-corrected chi connectivity index (χ4v) is 9.42. The third kappa shape index (κ3) is 50.5. The number of carbonyl (C=O) groups is 2. The zero-order valence-electron chi connectivity index (χ0n) is 45.3. The van der Waals surface area contributed by atoms with Crippen LogP contribution in [0.5, 0.6) is 0 Å². The summed E-state index contributed by atoms with van der Waals surface area (Å²) in [5.41, 5.74) is 0. The lowest BCUT2D eigenvalue weighted by molar-refractivity contribution is -0.151. The molecule has 0 aliphatic carbocycles. The van der Waals surface area contributed by atoms with Gasteiger partial charge in [0, 0.05) is 6.42 Å². The van der Waals surface area contributed by atoms with Gasteiger partial charge >= 0.3 is 5.97 Å². The van der Waals surface area contributed by atoms with Crippen molar-refractivity contribution in [3.8, 4) is 0 Å². The maximum atomic E-state index is 13.3. The second-order valence-electron chi connectivity index (χ2n) is 20.7. The molecule has 67 heavy (non-hydrogen) atoms. The van der Waals surface area contributed by atoms with Gasteiger partial charge in [-0.15, -0.1) is 0 Å². The van der Waals surface area contributed by atoms with Gasteiger partial charge < -0.3 is 20.3 Å². The summed E-state index contributed by atoms with van der Waals surface area (Å²) in [6.45, 7) is 6.52. The molecule has 0 rings (SSSR count). The SMILES string of the molecule is CCCCCCCC/C=C/CCCCCCCCCCCC(=O)OC(CCCCC/C=C/CCCCCCCCC)CC(=O)NC(CO)C(O)CCCCCCCCCCCCCCCCC. The first-order valence-corrected chi connectivity index (χ1v) is 30.1. The Morgan fingerprint density at radius 1 is 0.418 bits per heavy atom. The summed E-state index contributed by atoms with van der Waals surface area (Å²) < 4.78 is 5.96. The van der Waals surface area contributed by atoms with Gasteiger partial charge in [0.2, 0.25) is 5.91 Å². The molecule has 0 aromatic rings. The molecule has 0 bridgehead atoms. The molecule has 6 nitrogen and oxygen atoms in total. The van der Waals surface area contributed by atoms with Crippen LogP contribution >= 0.6 is 0 Å². The number of carbonyl (C=O) groups excluding carboxylic acids is 2. The fraction of sp³-hybridized carbons (Fsp3) is 0.902. The normalized spacial score (nSPS) is 13.2. The van der Waals surface area contributed by atoms with Gasteiger partial charge in [0.15, 0.2) is 0 Å². The van der Waals surface area contributed by atoms with E-state index < -0.39 is 18.2 Å². The Balaban J connectivity index is 4.50. The number of rotatable bonds is 55. The van der Waals surface area contributed by atoms with Crippen LogP contribution < -0.4 is 5.32 Å². The maximum Gasteiger partial charge on any atom is 0.306 e. The van der Waals surface area contributed by atoms with E-state index in [1.165, 1.54) is 225 Å². The Morgan fingerprint density at radius 3 is 1.07 bits per heavy atom. The third-order valence-corrected chi connectivity index (χ3v) is 14.0. The molecular weight excluding hydrogens is 827 g/mol. The average Bonchev–Trinajstić information content (AvgIpc) is 3.32.